The van der Waals surface area contributed by atoms with E-state index < -0.39 is 5.97 Å². The van der Waals surface area contributed by atoms with Gasteiger partial charge in [0.1, 0.15) is 0 Å². The Bertz CT molecular complexity index is 361. The fourth-order valence-electron chi connectivity index (χ4n) is 2.99. The Morgan fingerprint density at radius 3 is 2.75 bits per heavy atom. The van der Waals surface area contributed by atoms with Crippen LogP contribution < -0.4 is 10.6 Å². The lowest BCUT2D eigenvalue weighted by Crippen LogP contribution is -2.46. The Morgan fingerprint density at radius 2 is 2.10 bits per heavy atom. The van der Waals surface area contributed by atoms with E-state index in [1.165, 1.54) is 0 Å². The van der Waals surface area contributed by atoms with Crippen molar-refractivity contribution in [3.63, 3.8) is 0 Å². The van der Waals surface area contributed by atoms with Gasteiger partial charge in [0.15, 0.2) is 0 Å². The molecule has 2 aliphatic rings. The fourth-order valence-corrected chi connectivity index (χ4v) is 2.99. The summed E-state index contributed by atoms with van der Waals surface area (Å²) in [6, 6.07) is 0.0719. The minimum Gasteiger partial charge on any atom is -0.481 e. The highest BCUT2D eigenvalue weighted by atomic mass is 16.5. The minimum absolute atomic E-state index is 0.00368. The van der Waals surface area contributed by atoms with Crippen molar-refractivity contribution in [1.29, 1.82) is 0 Å². The van der Waals surface area contributed by atoms with Gasteiger partial charge in [0.05, 0.1) is 25.0 Å². The summed E-state index contributed by atoms with van der Waals surface area (Å²) >= 11 is 0. The molecule has 0 bridgehead atoms. The van der Waals surface area contributed by atoms with Crippen LogP contribution in [-0.4, -0.2) is 48.8 Å². The number of rotatable bonds is 6. The van der Waals surface area contributed by atoms with Crippen LogP contribution in [0.25, 0.3) is 0 Å². The lowest BCUT2D eigenvalue weighted by Gasteiger charge is -2.21. The van der Waals surface area contributed by atoms with Crippen molar-refractivity contribution >= 4 is 11.9 Å². The number of hydrogen-bond acceptors (Lipinski definition) is 4. The number of amides is 1. The third-order valence-corrected chi connectivity index (χ3v) is 4.20. The molecule has 2 fully saturated rings. The standard InChI is InChI=1S/C14H24N2O4/c1-2-5-15-12-8-20-7-11(12)13(17)16-10-4-3-9(6-10)14(18)19/h9-12,15H,2-8H2,1H3,(H,16,17)(H,18,19). The highest BCUT2D eigenvalue weighted by molar-refractivity contribution is 5.80. The number of nitrogens with one attached hydrogen (secondary N) is 2. The van der Waals surface area contributed by atoms with Crippen LogP contribution in [-0.2, 0) is 14.3 Å². The predicted octanol–water partition coefficient (Wildman–Crippen LogP) is 0.371. The quantitative estimate of drug-likeness (QED) is 0.656. The molecule has 0 aromatic rings. The Hall–Kier alpha value is -1.14. The Kier molecular flexibility index (Phi) is 5.37. The van der Waals surface area contributed by atoms with Crippen molar-refractivity contribution in [2.24, 2.45) is 11.8 Å². The van der Waals surface area contributed by atoms with E-state index in [2.05, 4.69) is 17.6 Å². The van der Waals surface area contributed by atoms with Gasteiger partial charge in [-0.25, -0.2) is 0 Å². The number of carboxylic acid groups (broad SMARTS) is 1. The maximum absolute atomic E-state index is 12.3. The van der Waals surface area contributed by atoms with Crippen LogP contribution in [0.5, 0.6) is 0 Å². The molecule has 4 atom stereocenters. The van der Waals surface area contributed by atoms with E-state index in [-0.39, 0.29) is 29.8 Å². The van der Waals surface area contributed by atoms with E-state index in [0.717, 1.165) is 19.4 Å². The highest BCUT2D eigenvalue weighted by Crippen LogP contribution is 2.26. The molecule has 4 unspecified atom stereocenters. The van der Waals surface area contributed by atoms with Gasteiger partial charge in [-0.15, -0.1) is 0 Å². The predicted molar refractivity (Wildman–Crippen MR) is 73.3 cm³/mol. The normalized spacial score (nSPS) is 33.2. The molecule has 6 heteroatoms. The van der Waals surface area contributed by atoms with Gasteiger partial charge in [0.25, 0.3) is 0 Å². The number of ether oxygens (including phenoxy) is 1. The first-order chi connectivity index (χ1) is 9.61. The smallest absolute Gasteiger partial charge is 0.306 e. The number of carboxylic acids is 1. The summed E-state index contributed by atoms with van der Waals surface area (Å²) in [5.74, 6) is -1.24. The molecule has 1 aliphatic heterocycles. The van der Waals surface area contributed by atoms with Crippen LogP contribution in [0.2, 0.25) is 0 Å². The van der Waals surface area contributed by atoms with E-state index in [9.17, 15) is 9.59 Å². The van der Waals surface area contributed by atoms with E-state index >= 15 is 0 Å². The van der Waals surface area contributed by atoms with Gasteiger partial charge in [-0.2, -0.15) is 0 Å². The zero-order valence-electron chi connectivity index (χ0n) is 11.9. The second kappa shape index (κ2) is 7.04. The second-order valence-corrected chi connectivity index (χ2v) is 5.76. The summed E-state index contributed by atoms with van der Waals surface area (Å²) < 4.78 is 5.39. The van der Waals surface area contributed by atoms with Crippen LogP contribution in [0.3, 0.4) is 0 Å². The van der Waals surface area contributed by atoms with E-state index in [1.807, 2.05) is 0 Å². The maximum Gasteiger partial charge on any atom is 0.306 e. The average molecular weight is 284 g/mol. The SMILES string of the molecule is CCCNC1COCC1C(=O)NC1CCC(C(=O)O)C1. The van der Waals surface area contributed by atoms with Gasteiger partial charge >= 0.3 is 5.97 Å². The molecule has 1 amide bonds. The molecule has 1 saturated heterocycles. The van der Waals surface area contributed by atoms with Crippen LogP contribution in [0.1, 0.15) is 32.6 Å². The lowest BCUT2D eigenvalue weighted by atomic mass is 10.0. The third kappa shape index (κ3) is 3.70. The first kappa shape index (κ1) is 15.3. The number of aliphatic carboxylic acids is 1. The zero-order chi connectivity index (χ0) is 14.5. The van der Waals surface area contributed by atoms with E-state index in [0.29, 0.717) is 26.1 Å². The molecule has 6 nitrogen and oxygen atoms in total. The van der Waals surface area contributed by atoms with Gasteiger partial charge in [0.2, 0.25) is 5.91 Å². The van der Waals surface area contributed by atoms with Crippen LogP contribution >= 0.6 is 0 Å². The zero-order valence-corrected chi connectivity index (χ0v) is 11.9. The molecule has 1 saturated carbocycles. The summed E-state index contributed by atoms with van der Waals surface area (Å²) in [7, 11) is 0. The molecule has 1 heterocycles. The number of hydrogen-bond donors (Lipinski definition) is 3. The maximum atomic E-state index is 12.3. The molecule has 3 N–H and O–H groups in total. The van der Waals surface area contributed by atoms with Crippen molar-refractivity contribution in [2.75, 3.05) is 19.8 Å². The molecule has 2 rings (SSSR count). The molecule has 0 aromatic heterocycles. The molecule has 20 heavy (non-hydrogen) atoms. The fraction of sp³-hybridized carbons (Fsp3) is 0.857. The highest BCUT2D eigenvalue weighted by Gasteiger charge is 2.36. The second-order valence-electron chi connectivity index (χ2n) is 5.76. The molecular formula is C14H24N2O4. The molecule has 0 spiro atoms. The topological polar surface area (TPSA) is 87.7 Å². The van der Waals surface area contributed by atoms with Crippen molar-refractivity contribution in [1.82, 2.24) is 10.6 Å². The molecule has 114 valence electrons. The summed E-state index contributed by atoms with van der Waals surface area (Å²) in [5, 5.41) is 15.3. The van der Waals surface area contributed by atoms with Crippen LogP contribution in [0.4, 0.5) is 0 Å². The molecular weight excluding hydrogens is 260 g/mol. The summed E-state index contributed by atoms with van der Waals surface area (Å²) in [4.78, 5) is 23.2. The van der Waals surface area contributed by atoms with Gasteiger partial charge in [0, 0.05) is 12.1 Å². The van der Waals surface area contributed by atoms with Gasteiger partial charge < -0.3 is 20.5 Å². The van der Waals surface area contributed by atoms with Crippen molar-refractivity contribution < 1.29 is 19.4 Å². The molecule has 1 aliphatic carbocycles. The Balaban J connectivity index is 1.81. The summed E-state index contributed by atoms with van der Waals surface area (Å²) in [5.41, 5.74) is 0. The van der Waals surface area contributed by atoms with E-state index in [4.69, 9.17) is 9.84 Å². The lowest BCUT2D eigenvalue weighted by molar-refractivity contribution is -0.141. The van der Waals surface area contributed by atoms with Gasteiger partial charge in [-0.3, -0.25) is 9.59 Å². The summed E-state index contributed by atoms with van der Waals surface area (Å²) in [6.07, 6.45) is 2.97. The monoisotopic (exact) mass is 284 g/mol. The van der Waals surface area contributed by atoms with Crippen LogP contribution in [0.15, 0.2) is 0 Å². The van der Waals surface area contributed by atoms with Gasteiger partial charge in [-0.1, -0.05) is 6.92 Å². The molecule has 0 aromatic carbocycles. The number of carbonyl (C=O) groups is 2. The van der Waals surface area contributed by atoms with Crippen LogP contribution in [0, 0.1) is 11.8 Å². The summed E-state index contributed by atoms with van der Waals surface area (Å²) in [6.45, 7) is 3.98. The van der Waals surface area contributed by atoms with Crippen molar-refractivity contribution in [2.45, 2.75) is 44.7 Å². The largest absolute Gasteiger partial charge is 0.481 e. The third-order valence-electron chi connectivity index (χ3n) is 4.20. The Labute approximate surface area is 119 Å². The average Bonchev–Trinajstić information content (AvgIpc) is 3.04. The van der Waals surface area contributed by atoms with E-state index in [1.54, 1.807) is 0 Å². The van der Waals surface area contributed by atoms with Gasteiger partial charge in [-0.05, 0) is 32.2 Å². The van der Waals surface area contributed by atoms with Crippen molar-refractivity contribution in [3.05, 3.63) is 0 Å². The first-order valence-electron chi connectivity index (χ1n) is 7.46. The van der Waals surface area contributed by atoms with Crippen molar-refractivity contribution in [3.8, 4) is 0 Å². The molecule has 0 radical (unpaired) electrons. The Morgan fingerprint density at radius 1 is 1.30 bits per heavy atom. The number of carbonyl (C=O) groups excluding carboxylic acids is 1. The first-order valence-corrected chi connectivity index (χ1v) is 7.46. The minimum atomic E-state index is -0.756.